The highest BCUT2D eigenvalue weighted by molar-refractivity contribution is 5.78. The van der Waals surface area contributed by atoms with Crippen molar-refractivity contribution in [1.82, 2.24) is 14.9 Å². The largest absolute Gasteiger partial charge is 0.507 e. The summed E-state index contributed by atoms with van der Waals surface area (Å²) >= 11 is 0. The number of para-hydroxylation sites is 1. The molecule has 1 aliphatic heterocycles. The maximum absolute atomic E-state index is 12.1. The summed E-state index contributed by atoms with van der Waals surface area (Å²) in [6, 6.07) is 9.01. The summed E-state index contributed by atoms with van der Waals surface area (Å²) in [5, 5.41) is 10.0. The third kappa shape index (κ3) is 4.14. The highest BCUT2D eigenvalue weighted by Crippen LogP contribution is 2.27. The Morgan fingerprint density at radius 3 is 2.88 bits per heavy atom. The van der Waals surface area contributed by atoms with E-state index < -0.39 is 0 Å². The number of rotatable bonds is 6. The molecule has 25 heavy (non-hydrogen) atoms. The van der Waals surface area contributed by atoms with E-state index in [0.29, 0.717) is 31.0 Å². The average Bonchev–Trinajstić information content (AvgIpc) is 2.92. The second-order valence-electron chi connectivity index (χ2n) is 6.45. The van der Waals surface area contributed by atoms with Crippen molar-refractivity contribution >= 4 is 5.91 Å². The number of likely N-dealkylation sites (tertiary alicyclic amines) is 1. The topological polar surface area (TPSA) is 75.6 Å². The van der Waals surface area contributed by atoms with Crippen LogP contribution in [0.25, 0.3) is 11.4 Å². The van der Waals surface area contributed by atoms with Crippen LogP contribution in [0.15, 0.2) is 30.3 Å². The molecule has 0 unspecified atom stereocenters. The van der Waals surface area contributed by atoms with E-state index in [0.717, 1.165) is 24.4 Å². The second kappa shape index (κ2) is 7.61. The maximum atomic E-state index is 12.1. The van der Waals surface area contributed by atoms with Gasteiger partial charge in [0.25, 0.3) is 0 Å². The molecule has 0 saturated carbocycles. The molecule has 1 aromatic carbocycles. The molecule has 1 atom stereocenters. The summed E-state index contributed by atoms with van der Waals surface area (Å²) in [6.45, 7) is 3.84. The van der Waals surface area contributed by atoms with Crippen LogP contribution in [0.5, 0.6) is 5.75 Å². The number of hydrogen-bond acceptors (Lipinski definition) is 5. The lowest BCUT2D eigenvalue weighted by molar-refractivity contribution is -0.128. The summed E-state index contributed by atoms with van der Waals surface area (Å²) in [7, 11) is 1.64. The van der Waals surface area contributed by atoms with Gasteiger partial charge in [0.2, 0.25) is 5.91 Å². The number of methoxy groups -OCH3 is 1. The number of aryl methyl sites for hydroxylation is 1. The Kier molecular flexibility index (Phi) is 5.28. The highest BCUT2D eigenvalue weighted by atomic mass is 16.5. The minimum atomic E-state index is 0.167. The van der Waals surface area contributed by atoms with Crippen LogP contribution in [0.4, 0.5) is 0 Å². The van der Waals surface area contributed by atoms with Crippen LogP contribution in [0, 0.1) is 12.8 Å². The van der Waals surface area contributed by atoms with Gasteiger partial charge in [-0.15, -0.1) is 0 Å². The van der Waals surface area contributed by atoms with Gasteiger partial charge in [-0.05, 0) is 37.5 Å². The van der Waals surface area contributed by atoms with Gasteiger partial charge in [-0.2, -0.15) is 0 Å². The van der Waals surface area contributed by atoms with Gasteiger partial charge in [-0.3, -0.25) is 4.79 Å². The zero-order valence-corrected chi connectivity index (χ0v) is 14.6. The van der Waals surface area contributed by atoms with Gasteiger partial charge in [0.15, 0.2) is 5.82 Å². The molecule has 0 radical (unpaired) electrons. The van der Waals surface area contributed by atoms with E-state index in [4.69, 9.17) is 4.74 Å². The van der Waals surface area contributed by atoms with Crippen LogP contribution < -0.4 is 0 Å². The fourth-order valence-electron chi connectivity index (χ4n) is 3.23. The Morgan fingerprint density at radius 2 is 2.12 bits per heavy atom. The van der Waals surface area contributed by atoms with E-state index in [-0.39, 0.29) is 17.6 Å². The number of phenols is 1. The van der Waals surface area contributed by atoms with E-state index in [2.05, 4.69) is 9.97 Å². The molecule has 1 aliphatic rings. The molecule has 6 nitrogen and oxygen atoms in total. The van der Waals surface area contributed by atoms with Crippen molar-refractivity contribution in [2.24, 2.45) is 5.92 Å². The van der Waals surface area contributed by atoms with Crippen molar-refractivity contribution in [1.29, 1.82) is 0 Å². The van der Waals surface area contributed by atoms with Gasteiger partial charge in [0.1, 0.15) is 5.75 Å². The van der Waals surface area contributed by atoms with Crippen molar-refractivity contribution in [2.75, 3.05) is 26.8 Å². The SMILES string of the molecule is COCCN1C[C@@H](Cc2cc(C)nc(-c3ccccc3O)n2)CC1=O. The van der Waals surface area contributed by atoms with E-state index in [9.17, 15) is 9.90 Å². The molecule has 1 fully saturated rings. The summed E-state index contributed by atoms with van der Waals surface area (Å²) in [4.78, 5) is 23.0. The summed E-state index contributed by atoms with van der Waals surface area (Å²) in [5.41, 5.74) is 2.37. The molecule has 2 heterocycles. The molecule has 0 bridgehead atoms. The summed E-state index contributed by atoms with van der Waals surface area (Å²) in [6.07, 6.45) is 1.26. The van der Waals surface area contributed by atoms with Gasteiger partial charge in [0.05, 0.1) is 12.2 Å². The van der Waals surface area contributed by atoms with Gasteiger partial charge in [-0.1, -0.05) is 12.1 Å². The smallest absolute Gasteiger partial charge is 0.223 e. The van der Waals surface area contributed by atoms with Crippen molar-refractivity contribution < 1.29 is 14.6 Å². The number of amides is 1. The third-order valence-electron chi connectivity index (χ3n) is 4.41. The predicted octanol–water partition coefficient (Wildman–Crippen LogP) is 2.20. The van der Waals surface area contributed by atoms with Crippen molar-refractivity contribution in [2.45, 2.75) is 19.8 Å². The lowest BCUT2D eigenvalue weighted by atomic mass is 10.0. The Labute approximate surface area is 147 Å². The first kappa shape index (κ1) is 17.4. The minimum absolute atomic E-state index is 0.167. The van der Waals surface area contributed by atoms with Crippen molar-refractivity contribution in [3.05, 3.63) is 41.7 Å². The first-order chi connectivity index (χ1) is 12.1. The quantitative estimate of drug-likeness (QED) is 0.872. The van der Waals surface area contributed by atoms with Crippen LogP contribution in [-0.2, 0) is 16.0 Å². The number of ether oxygens (including phenoxy) is 1. The van der Waals surface area contributed by atoms with E-state index in [1.807, 2.05) is 24.0 Å². The molecule has 1 aromatic heterocycles. The number of carbonyl (C=O) groups excluding carboxylic acids is 1. The number of benzene rings is 1. The molecule has 0 spiro atoms. The molecule has 0 aliphatic carbocycles. The molecule has 3 rings (SSSR count). The highest BCUT2D eigenvalue weighted by Gasteiger charge is 2.29. The monoisotopic (exact) mass is 341 g/mol. The van der Waals surface area contributed by atoms with Crippen molar-refractivity contribution in [3.63, 3.8) is 0 Å². The Morgan fingerprint density at radius 1 is 1.32 bits per heavy atom. The van der Waals surface area contributed by atoms with Gasteiger partial charge in [0, 0.05) is 38.0 Å². The van der Waals surface area contributed by atoms with Crippen LogP contribution >= 0.6 is 0 Å². The molecular formula is C19H23N3O3. The number of hydrogen-bond donors (Lipinski definition) is 1. The van der Waals surface area contributed by atoms with Gasteiger partial charge in [-0.25, -0.2) is 9.97 Å². The fourth-order valence-corrected chi connectivity index (χ4v) is 3.23. The molecule has 1 amide bonds. The maximum Gasteiger partial charge on any atom is 0.223 e. The normalized spacial score (nSPS) is 17.3. The van der Waals surface area contributed by atoms with E-state index in [1.54, 1.807) is 25.3 Å². The number of phenolic OH excluding ortho intramolecular Hbond substituents is 1. The Bertz CT molecular complexity index is 763. The predicted molar refractivity (Wildman–Crippen MR) is 94.1 cm³/mol. The standard InChI is InChI=1S/C19H23N3O3/c1-13-9-15(10-14-11-18(24)22(12-14)7-8-25-2)21-19(20-13)16-5-3-4-6-17(16)23/h3-6,9,14,23H,7-8,10-12H2,1-2H3/t14-/m0/s1. The number of carbonyl (C=O) groups is 1. The number of aromatic nitrogens is 2. The molecular weight excluding hydrogens is 318 g/mol. The first-order valence-electron chi connectivity index (χ1n) is 8.46. The van der Waals surface area contributed by atoms with E-state index >= 15 is 0 Å². The number of aromatic hydroxyl groups is 1. The lowest BCUT2D eigenvalue weighted by Crippen LogP contribution is -2.29. The minimum Gasteiger partial charge on any atom is -0.507 e. The third-order valence-corrected chi connectivity index (χ3v) is 4.41. The zero-order valence-electron chi connectivity index (χ0n) is 14.6. The fraction of sp³-hybridized carbons (Fsp3) is 0.421. The van der Waals surface area contributed by atoms with Gasteiger partial charge < -0.3 is 14.7 Å². The molecule has 2 aromatic rings. The molecule has 132 valence electrons. The van der Waals surface area contributed by atoms with Gasteiger partial charge >= 0.3 is 0 Å². The molecule has 6 heteroatoms. The summed E-state index contributed by atoms with van der Waals surface area (Å²) < 4.78 is 5.06. The Balaban J connectivity index is 1.76. The Hall–Kier alpha value is -2.47. The lowest BCUT2D eigenvalue weighted by Gasteiger charge is -2.16. The second-order valence-corrected chi connectivity index (χ2v) is 6.45. The van der Waals surface area contributed by atoms with Crippen molar-refractivity contribution in [3.8, 4) is 17.1 Å². The molecule has 1 saturated heterocycles. The first-order valence-corrected chi connectivity index (χ1v) is 8.46. The zero-order chi connectivity index (χ0) is 17.8. The summed E-state index contributed by atoms with van der Waals surface area (Å²) in [5.74, 6) is 1.11. The van der Waals surface area contributed by atoms with Crippen LogP contribution in [0.3, 0.4) is 0 Å². The van der Waals surface area contributed by atoms with E-state index in [1.165, 1.54) is 0 Å². The van der Waals surface area contributed by atoms with Crippen LogP contribution in [0.1, 0.15) is 17.8 Å². The average molecular weight is 341 g/mol. The number of nitrogens with zero attached hydrogens (tertiary/aromatic N) is 3. The van der Waals surface area contributed by atoms with Crippen LogP contribution in [0.2, 0.25) is 0 Å². The molecule has 1 N–H and O–H groups in total. The van der Waals surface area contributed by atoms with Crippen LogP contribution in [-0.4, -0.2) is 52.7 Å².